The molecule has 0 saturated heterocycles. The second-order valence-electron chi connectivity index (χ2n) is 1.35. The quantitative estimate of drug-likeness (QED) is 0.392. The molecule has 0 spiro atoms. The van der Waals surface area contributed by atoms with Crippen molar-refractivity contribution in [2.45, 2.75) is 19.8 Å². The van der Waals surface area contributed by atoms with Gasteiger partial charge in [-0.1, -0.05) is 13.3 Å². The van der Waals surface area contributed by atoms with Crippen molar-refractivity contribution in [2.24, 2.45) is 0 Å². The van der Waals surface area contributed by atoms with Crippen LogP contribution in [0.3, 0.4) is 0 Å². The Morgan fingerprint density at radius 1 is 1.67 bits per heavy atom. The molecule has 0 amide bonds. The number of hydrogen-bond acceptors (Lipinski definition) is 1. The zero-order valence-corrected chi connectivity index (χ0v) is 7.35. The first-order chi connectivity index (χ1) is 2.91. The van der Waals surface area contributed by atoms with Crippen LogP contribution in [0.4, 0.5) is 0 Å². The Balaban J connectivity index is 2.34. The van der Waals surface area contributed by atoms with Crippen LogP contribution in [-0.2, 0) is 0 Å². The Kier molecular flexibility index (Phi) is 6.09. The zero-order chi connectivity index (χ0) is 4.83. The topological polar surface area (TPSA) is 0 Å². The fraction of sp³-hybridized carbons (Fsp3) is 1.00. The van der Waals surface area contributed by atoms with Gasteiger partial charge >= 0.3 is 0 Å². The molecule has 0 unspecified atom stereocenters. The standard InChI is InChI=1S/C4H12SSi/c1-2-3-4-5-6/h2-4H2,1,6H3. The molecule has 0 nitrogen and oxygen atoms in total. The van der Waals surface area contributed by atoms with E-state index in [1.54, 1.807) is 0 Å². The van der Waals surface area contributed by atoms with E-state index in [1.807, 2.05) is 0 Å². The third kappa shape index (κ3) is 4.57. The lowest BCUT2D eigenvalue weighted by Gasteiger charge is -1.86. The molecule has 0 rings (SSSR count). The molecule has 0 aliphatic rings. The predicted octanol–water partition coefficient (Wildman–Crippen LogP) is 0.800. The van der Waals surface area contributed by atoms with Crippen LogP contribution in [-0.4, -0.2) is 15.1 Å². The monoisotopic (exact) mass is 120 g/mol. The molecule has 0 saturated carbocycles. The third-order valence-electron chi connectivity index (χ3n) is 0.702. The maximum Gasteiger partial charge on any atom is 0.0694 e. The van der Waals surface area contributed by atoms with E-state index >= 15 is 0 Å². The molecule has 0 aliphatic carbocycles. The maximum atomic E-state index is 2.23. The van der Waals surface area contributed by atoms with E-state index in [0.29, 0.717) is 0 Å². The van der Waals surface area contributed by atoms with E-state index in [1.165, 1.54) is 28.0 Å². The average Bonchev–Trinajstić information content (AvgIpc) is 1.61. The molecule has 0 aromatic carbocycles. The second-order valence-corrected chi connectivity index (χ2v) is 4.06. The summed E-state index contributed by atoms with van der Waals surface area (Å²) in [6.45, 7) is 2.23. The Labute approximate surface area is 46.8 Å². The van der Waals surface area contributed by atoms with Gasteiger partial charge in [0.1, 0.15) is 0 Å². The lowest BCUT2D eigenvalue weighted by Crippen LogP contribution is -1.72. The van der Waals surface area contributed by atoms with Crippen LogP contribution in [0.1, 0.15) is 19.8 Å². The van der Waals surface area contributed by atoms with Gasteiger partial charge in [-0.05, 0) is 12.2 Å². The average molecular weight is 120 g/mol. The highest BCUT2D eigenvalue weighted by molar-refractivity contribution is 8.19. The van der Waals surface area contributed by atoms with Gasteiger partial charge < -0.3 is 0 Å². The summed E-state index contributed by atoms with van der Waals surface area (Å²) in [5.41, 5.74) is 0. The molecule has 38 valence electrons. The largest absolute Gasteiger partial charge is 0.198 e. The van der Waals surface area contributed by atoms with Crippen LogP contribution in [0.15, 0.2) is 0 Å². The van der Waals surface area contributed by atoms with Crippen molar-refractivity contribution in [2.75, 3.05) is 5.75 Å². The Hall–Kier alpha value is 0.567. The van der Waals surface area contributed by atoms with E-state index in [2.05, 4.69) is 18.1 Å². The van der Waals surface area contributed by atoms with Crippen LogP contribution in [0.25, 0.3) is 0 Å². The molecular weight excluding hydrogens is 108 g/mol. The molecule has 0 aromatic rings. The molecule has 0 heterocycles. The second kappa shape index (κ2) is 5.57. The summed E-state index contributed by atoms with van der Waals surface area (Å²) in [6.07, 6.45) is 2.77. The predicted molar refractivity (Wildman–Crippen MR) is 37.3 cm³/mol. The van der Waals surface area contributed by atoms with Crippen LogP contribution in [0.2, 0.25) is 0 Å². The minimum absolute atomic E-state index is 1.32. The number of rotatable bonds is 3. The normalized spacial score (nSPS) is 9.50. The van der Waals surface area contributed by atoms with Crippen molar-refractivity contribution in [1.29, 1.82) is 0 Å². The lowest BCUT2D eigenvalue weighted by atomic mass is 10.4. The van der Waals surface area contributed by atoms with Gasteiger partial charge in [0.25, 0.3) is 0 Å². The van der Waals surface area contributed by atoms with Gasteiger partial charge in [0.05, 0.1) is 9.39 Å². The van der Waals surface area contributed by atoms with Crippen LogP contribution < -0.4 is 0 Å². The van der Waals surface area contributed by atoms with E-state index < -0.39 is 0 Å². The molecule has 2 heteroatoms. The van der Waals surface area contributed by atoms with E-state index in [0.717, 1.165) is 0 Å². The number of unbranched alkanes of at least 4 members (excludes halogenated alkanes) is 1. The van der Waals surface area contributed by atoms with E-state index in [9.17, 15) is 0 Å². The fourth-order valence-corrected chi connectivity index (χ4v) is 1.73. The molecular formula is C4H12SSi. The first-order valence-electron chi connectivity index (χ1n) is 2.40. The van der Waals surface area contributed by atoms with Crippen LogP contribution in [0.5, 0.6) is 0 Å². The zero-order valence-electron chi connectivity index (χ0n) is 4.53. The van der Waals surface area contributed by atoms with Gasteiger partial charge in [-0.3, -0.25) is 0 Å². The molecule has 0 N–H and O–H groups in total. The Morgan fingerprint density at radius 3 is 2.50 bits per heavy atom. The molecule has 0 aromatic heterocycles. The van der Waals surface area contributed by atoms with Crippen molar-refractivity contribution in [3.63, 3.8) is 0 Å². The summed E-state index contributed by atoms with van der Waals surface area (Å²) in [5.74, 6) is 1.39. The third-order valence-corrected chi connectivity index (χ3v) is 2.62. The minimum atomic E-state index is 1.32. The molecule has 0 radical (unpaired) electrons. The van der Waals surface area contributed by atoms with Gasteiger partial charge in [-0.25, -0.2) is 0 Å². The van der Waals surface area contributed by atoms with Crippen LogP contribution in [0, 0.1) is 0 Å². The Bertz CT molecular complexity index is 19.5. The first-order valence-corrected chi connectivity index (χ1v) is 6.25. The van der Waals surface area contributed by atoms with Gasteiger partial charge in [0, 0.05) is 0 Å². The first kappa shape index (κ1) is 6.57. The molecule has 6 heavy (non-hydrogen) atoms. The lowest BCUT2D eigenvalue weighted by molar-refractivity contribution is 0.898. The van der Waals surface area contributed by atoms with Crippen molar-refractivity contribution >= 4 is 20.6 Å². The summed E-state index contributed by atoms with van der Waals surface area (Å²) in [5, 5.41) is 0. The molecule has 0 aliphatic heterocycles. The minimum Gasteiger partial charge on any atom is -0.198 e. The SMILES string of the molecule is CCCCS[SiH3]. The number of hydrogen-bond donors (Lipinski definition) is 0. The van der Waals surface area contributed by atoms with Crippen LogP contribution >= 0.6 is 11.2 Å². The summed E-state index contributed by atoms with van der Waals surface area (Å²) < 4.78 is 0. The van der Waals surface area contributed by atoms with Gasteiger partial charge in [-0.15, -0.1) is 0 Å². The van der Waals surface area contributed by atoms with E-state index in [4.69, 9.17) is 0 Å². The Morgan fingerprint density at radius 2 is 2.33 bits per heavy atom. The molecule has 0 fully saturated rings. The maximum absolute atomic E-state index is 2.23. The molecule has 0 atom stereocenters. The van der Waals surface area contributed by atoms with Crippen molar-refractivity contribution in [1.82, 2.24) is 0 Å². The van der Waals surface area contributed by atoms with Crippen molar-refractivity contribution in [3.8, 4) is 0 Å². The highest BCUT2D eigenvalue weighted by Crippen LogP contribution is 1.95. The summed E-state index contributed by atoms with van der Waals surface area (Å²) in [7, 11) is 1.32. The highest BCUT2D eigenvalue weighted by atomic mass is 32.4. The molecule has 0 bridgehead atoms. The van der Waals surface area contributed by atoms with Crippen molar-refractivity contribution in [3.05, 3.63) is 0 Å². The summed E-state index contributed by atoms with van der Waals surface area (Å²) >= 11 is 2.07. The van der Waals surface area contributed by atoms with Gasteiger partial charge in [-0.2, -0.15) is 11.2 Å². The van der Waals surface area contributed by atoms with E-state index in [-0.39, 0.29) is 0 Å². The fourth-order valence-electron chi connectivity index (χ4n) is 0.289. The summed E-state index contributed by atoms with van der Waals surface area (Å²) in [4.78, 5) is 0. The highest BCUT2D eigenvalue weighted by Gasteiger charge is 1.75. The van der Waals surface area contributed by atoms with Crippen molar-refractivity contribution < 1.29 is 0 Å². The van der Waals surface area contributed by atoms with Gasteiger partial charge in [0.15, 0.2) is 0 Å². The smallest absolute Gasteiger partial charge is 0.0694 e. The summed E-state index contributed by atoms with van der Waals surface area (Å²) in [6, 6.07) is 0. The van der Waals surface area contributed by atoms with Gasteiger partial charge in [0.2, 0.25) is 0 Å².